The van der Waals surface area contributed by atoms with Crippen LogP contribution in [0.25, 0.3) is 11.8 Å². The highest BCUT2D eigenvalue weighted by Crippen LogP contribution is 2.35. The number of carbonyl (C=O) groups is 3. The Kier molecular flexibility index (Phi) is 7.01. The van der Waals surface area contributed by atoms with Gasteiger partial charge in [0.15, 0.2) is 0 Å². The lowest BCUT2D eigenvalue weighted by Gasteiger charge is -2.13. The van der Waals surface area contributed by atoms with Gasteiger partial charge in [0.1, 0.15) is 6.54 Å². The third kappa shape index (κ3) is 5.34. The van der Waals surface area contributed by atoms with Gasteiger partial charge >= 0.3 is 6.18 Å². The van der Waals surface area contributed by atoms with E-state index >= 15 is 0 Å². The number of hydrogen-bond acceptors (Lipinski definition) is 4. The smallest absolute Gasteiger partial charge is 0.325 e. The number of hydrogen-bond donors (Lipinski definition) is 1. The maximum Gasteiger partial charge on any atom is 0.416 e. The van der Waals surface area contributed by atoms with Gasteiger partial charge in [0.2, 0.25) is 5.91 Å². The van der Waals surface area contributed by atoms with E-state index in [1.54, 1.807) is 54.8 Å². The number of alkyl halides is 3. The number of nitrogens with one attached hydrogen (secondary N) is 1. The minimum Gasteiger partial charge on any atom is -0.325 e. The Morgan fingerprint density at radius 2 is 1.78 bits per heavy atom. The Hall–Kier alpha value is -3.50. The first-order valence-electron chi connectivity index (χ1n) is 10.6. The highest BCUT2D eigenvalue weighted by Gasteiger charge is 2.36. The largest absolute Gasteiger partial charge is 0.416 e. The molecule has 0 spiro atoms. The van der Waals surface area contributed by atoms with Crippen molar-refractivity contribution in [2.24, 2.45) is 0 Å². The summed E-state index contributed by atoms with van der Waals surface area (Å²) in [5, 5.41) is 2.50. The molecule has 1 fully saturated rings. The number of halogens is 4. The van der Waals surface area contributed by atoms with Crippen molar-refractivity contribution in [2.45, 2.75) is 20.0 Å². The van der Waals surface area contributed by atoms with Crippen molar-refractivity contribution in [1.29, 1.82) is 0 Å². The average molecular weight is 534 g/mol. The van der Waals surface area contributed by atoms with Crippen molar-refractivity contribution in [3.63, 3.8) is 0 Å². The molecule has 2 aromatic carbocycles. The maximum absolute atomic E-state index is 13.2. The van der Waals surface area contributed by atoms with Crippen LogP contribution in [0.1, 0.15) is 22.5 Å². The summed E-state index contributed by atoms with van der Waals surface area (Å²) in [6, 6.07) is 13.0. The number of imide groups is 1. The van der Waals surface area contributed by atoms with E-state index in [2.05, 4.69) is 5.32 Å². The van der Waals surface area contributed by atoms with Gasteiger partial charge in [-0.2, -0.15) is 13.2 Å². The highest BCUT2D eigenvalue weighted by atomic mass is 35.5. The van der Waals surface area contributed by atoms with Gasteiger partial charge in [0.05, 0.1) is 10.5 Å². The van der Waals surface area contributed by atoms with Gasteiger partial charge in [0, 0.05) is 27.8 Å². The van der Waals surface area contributed by atoms with Crippen LogP contribution >= 0.6 is 23.4 Å². The van der Waals surface area contributed by atoms with Gasteiger partial charge in [-0.15, -0.1) is 0 Å². The second-order valence-corrected chi connectivity index (χ2v) is 9.46. The molecule has 36 heavy (non-hydrogen) atoms. The second-order valence-electron chi connectivity index (χ2n) is 8.03. The van der Waals surface area contributed by atoms with Gasteiger partial charge in [-0.25, -0.2) is 0 Å². The van der Waals surface area contributed by atoms with E-state index in [0.717, 1.165) is 17.0 Å². The summed E-state index contributed by atoms with van der Waals surface area (Å²) in [5.74, 6) is -1.18. The molecule has 0 atom stereocenters. The Morgan fingerprint density at radius 3 is 2.44 bits per heavy atom. The monoisotopic (exact) mass is 533 g/mol. The molecule has 1 aliphatic rings. The first-order chi connectivity index (χ1) is 16.9. The van der Waals surface area contributed by atoms with Crippen molar-refractivity contribution in [3.05, 3.63) is 87.0 Å². The molecule has 0 saturated carbocycles. The van der Waals surface area contributed by atoms with Crippen molar-refractivity contribution < 1.29 is 27.6 Å². The number of thioether (sulfide) groups is 1. The summed E-state index contributed by atoms with van der Waals surface area (Å²) in [7, 11) is 0. The standard InChI is InChI=1S/C25H19ClF3N3O3S/c1-14-10-16(15(2)32(14)20-5-3-4-17(12-20)25(27,28)29)11-21-23(34)31(24(35)36-21)13-22(33)30-19-8-6-18(26)7-9-19/h3-12H,13H2,1-2H3,(H,30,33)/b21-11-. The van der Waals surface area contributed by atoms with Crippen LogP contribution in [0.4, 0.5) is 23.7 Å². The lowest BCUT2D eigenvalue weighted by atomic mass is 10.2. The highest BCUT2D eigenvalue weighted by molar-refractivity contribution is 8.18. The molecule has 2 heterocycles. The molecule has 4 rings (SSSR count). The summed E-state index contributed by atoms with van der Waals surface area (Å²) in [4.78, 5) is 38.6. The first kappa shape index (κ1) is 25.6. The van der Waals surface area contributed by atoms with Crippen LogP contribution in [-0.2, 0) is 15.8 Å². The average Bonchev–Trinajstić information content (AvgIpc) is 3.24. The van der Waals surface area contributed by atoms with Gasteiger partial charge in [-0.05, 0) is 85.8 Å². The molecular weight excluding hydrogens is 515 g/mol. The van der Waals surface area contributed by atoms with Crippen LogP contribution in [0, 0.1) is 13.8 Å². The predicted octanol–water partition coefficient (Wildman–Crippen LogP) is 6.44. The fraction of sp³-hybridized carbons (Fsp3) is 0.160. The summed E-state index contributed by atoms with van der Waals surface area (Å²) < 4.78 is 41.2. The van der Waals surface area contributed by atoms with E-state index in [0.29, 0.717) is 45.1 Å². The number of benzene rings is 2. The zero-order valence-corrected chi connectivity index (χ0v) is 20.6. The van der Waals surface area contributed by atoms with Crippen LogP contribution in [0.2, 0.25) is 5.02 Å². The quantitative estimate of drug-likeness (QED) is 0.383. The fourth-order valence-electron chi connectivity index (χ4n) is 3.81. The fourth-order valence-corrected chi connectivity index (χ4v) is 4.76. The van der Waals surface area contributed by atoms with Crippen molar-refractivity contribution in [3.8, 4) is 5.69 Å². The Labute approximate surface area is 213 Å². The van der Waals surface area contributed by atoms with Crippen LogP contribution in [0.15, 0.2) is 59.5 Å². The Balaban J connectivity index is 1.55. The van der Waals surface area contributed by atoms with E-state index in [1.165, 1.54) is 12.1 Å². The van der Waals surface area contributed by atoms with Gasteiger partial charge in [-0.1, -0.05) is 17.7 Å². The van der Waals surface area contributed by atoms with Crippen LogP contribution in [-0.4, -0.2) is 33.1 Å². The van der Waals surface area contributed by atoms with Crippen LogP contribution < -0.4 is 5.32 Å². The number of nitrogens with zero attached hydrogens (tertiary/aromatic N) is 2. The summed E-state index contributed by atoms with van der Waals surface area (Å²) >= 11 is 6.52. The molecule has 1 aromatic heterocycles. The molecule has 0 unspecified atom stereocenters. The third-order valence-electron chi connectivity index (χ3n) is 5.49. The molecule has 186 valence electrons. The first-order valence-corrected chi connectivity index (χ1v) is 11.8. The zero-order chi connectivity index (χ0) is 26.2. The summed E-state index contributed by atoms with van der Waals surface area (Å²) in [6.07, 6.45) is -2.97. The minimum absolute atomic E-state index is 0.114. The van der Waals surface area contributed by atoms with E-state index < -0.39 is 35.3 Å². The van der Waals surface area contributed by atoms with Gasteiger partial charge in [-0.3, -0.25) is 19.3 Å². The Morgan fingerprint density at radius 1 is 1.08 bits per heavy atom. The molecule has 0 aliphatic carbocycles. The summed E-state index contributed by atoms with van der Waals surface area (Å²) in [5.41, 5.74) is 1.84. The third-order valence-corrected chi connectivity index (χ3v) is 6.65. The SMILES string of the molecule is Cc1cc(/C=C2\SC(=O)N(CC(=O)Nc3ccc(Cl)cc3)C2=O)c(C)n1-c1cccc(C(F)(F)F)c1. The molecular formula is C25H19ClF3N3O3S. The Bertz CT molecular complexity index is 1400. The number of carbonyl (C=O) groups excluding carboxylic acids is 3. The van der Waals surface area contributed by atoms with Gasteiger partial charge < -0.3 is 9.88 Å². The van der Waals surface area contributed by atoms with E-state index in [4.69, 9.17) is 11.6 Å². The van der Waals surface area contributed by atoms with Crippen LogP contribution in [0.5, 0.6) is 0 Å². The zero-order valence-electron chi connectivity index (χ0n) is 19.0. The van der Waals surface area contributed by atoms with Gasteiger partial charge in [0.25, 0.3) is 11.1 Å². The van der Waals surface area contributed by atoms with Crippen molar-refractivity contribution in [1.82, 2.24) is 9.47 Å². The number of anilines is 1. The van der Waals surface area contributed by atoms with Crippen molar-refractivity contribution >= 4 is 52.2 Å². The number of aromatic nitrogens is 1. The number of rotatable bonds is 5. The molecule has 0 bridgehead atoms. The molecule has 11 heteroatoms. The second kappa shape index (κ2) is 9.87. The molecule has 3 amide bonds. The normalized spacial score (nSPS) is 15.2. The predicted molar refractivity (Wildman–Crippen MR) is 133 cm³/mol. The maximum atomic E-state index is 13.2. The molecule has 1 saturated heterocycles. The minimum atomic E-state index is -4.48. The van der Waals surface area contributed by atoms with Crippen molar-refractivity contribution in [2.75, 3.05) is 11.9 Å². The van der Waals surface area contributed by atoms with E-state index in [1.807, 2.05) is 0 Å². The topological polar surface area (TPSA) is 71.4 Å². The van der Waals surface area contributed by atoms with E-state index in [-0.39, 0.29) is 4.91 Å². The van der Waals surface area contributed by atoms with Crippen LogP contribution in [0.3, 0.4) is 0 Å². The van der Waals surface area contributed by atoms with E-state index in [9.17, 15) is 27.6 Å². The molecule has 3 aromatic rings. The lowest BCUT2D eigenvalue weighted by Crippen LogP contribution is -2.36. The number of amides is 3. The molecule has 1 N–H and O–H groups in total. The summed E-state index contributed by atoms with van der Waals surface area (Å²) in [6.45, 7) is 2.98. The lowest BCUT2D eigenvalue weighted by molar-refractivity contribution is -0.137. The molecule has 0 radical (unpaired) electrons. The molecule has 6 nitrogen and oxygen atoms in total. The molecule has 1 aliphatic heterocycles. The number of aryl methyl sites for hydroxylation is 1.